The summed E-state index contributed by atoms with van der Waals surface area (Å²) in [6.45, 7) is 3.78. The second-order valence-electron chi connectivity index (χ2n) is 11.9. The van der Waals surface area contributed by atoms with Gasteiger partial charge in [0, 0.05) is 35.9 Å². The molecule has 0 atom stereocenters. The van der Waals surface area contributed by atoms with Crippen LogP contribution in [-0.2, 0) is 0 Å². The van der Waals surface area contributed by atoms with Crippen LogP contribution in [-0.4, -0.2) is 58.9 Å². The lowest BCUT2D eigenvalue weighted by atomic mass is 10.1. The van der Waals surface area contributed by atoms with Crippen LogP contribution in [0.5, 0.6) is 23.0 Å². The van der Waals surface area contributed by atoms with Crippen molar-refractivity contribution < 1.29 is 27.8 Å². The number of carbonyl (C=O) groups excluding carboxylic acids is 1. The number of para-hydroxylation sites is 1. The fourth-order valence-corrected chi connectivity index (χ4v) is 6.04. The number of anilines is 1. The van der Waals surface area contributed by atoms with Crippen molar-refractivity contribution in [2.75, 3.05) is 38.7 Å². The summed E-state index contributed by atoms with van der Waals surface area (Å²) in [6, 6.07) is 21.2. The maximum absolute atomic E-state index is 15.4. The standard InChI is InChI=1S/C38H33F2N5O5/c1-48-34-22-28-30(23-35(34)49-20-6-19-44-17-4-5-18-44)41-16-15-32(28)50-33-14-11-25(21-29(33)40)42-38(47)36-37(46)27-7-2-3-8-31(27)45(43-36)26-12-9-24(39)10-13-26/h2-3,7-16,21-23H,4-6,17-20H2,1H3,(H,42,47). The number of amides is 1. The Labute approximate surface area is 285 Å². The molecule has 50 heavy (non-hydrogen) atoms. The molecule has 0 saturated carbocycles. The molecule has 0 aliphatic carbocycles. The van der Waals surface area contributed by atoms with Crippen molar-refractivity contribution in [3.63, 3.8) is 0 Å². The number of benzene rings is 4. The van der Waals surface area contributed by atoms with Crippen molar-refractivity contribution >= 4 is 33.4 Å². The molecule has 4 aromatic carbocycles. The largest absolute Gasteiger partial charge is 0.493 e. The Hall–Kier alpha value is -5.88. The lowest BCUT2D eigenvalue weighted by Gasteiger charge is -2.16. The van der Waals surface area contributed by atoms with Crippen LogP contribution in [0.15, 0.2) is 95.9 Å². The number of halogens is 2. The van der Waals surface area contributed by atoms with Gasteiger partial charge < -0.3 is 24.4 Å². The molecule has 0 radical (unpaired) electrons. The molecule has 0 unspecified atom stereocenters. The van der Waals surface area contributed by atoms with E-state index in [-0.39, 0.29) is 16.8 Å². The maximum atomic E-state index is 15.4. The minimum absolute atomic E-state index is 0.0790. The number of nitrogens with zero attached hydrogens (tertiary/aromatic N) is 4. The van der Waals surface area contributed by atoms with Crippen LogP contribution in [0.3, 0.4) is 0 Å². The molecular weight excluding hydrogens is 644 g/mol. The SMILES string of the molecule is COc1cc2c(Oc3ccc(NC(=O)c4nn(-c5ccc(F)cc5)c5ccccc5c4=O)cc3F)ccnc2cc1OCCCN1CCCC1. The summed E-state index contributed by atoms with van der Waals surface area (Å²) >= 11 is 0. The Bertz CT molecular complexity index is 2250. The monoisotopic (exact) mass is 677 g/mol. The number of hydrogen-bond acceptors (Lipinski definition) is 8. The zero-order valence-electron chi connectivity index (χ0n) is 27.2. The van der Waals surface area contributed by atoms with Gasteiger partial charge >= 0.3 is 0 Å². The zero-order valence-corrected chi connectivity index (χ0v) is 27.2. The summed E-state index contributed by atoms with van der Waals surface area (Å²) < 4.78 is 48.1. The van der Waals surface area contributed by atoms with Crippen molar-refractivity contribution in [2.45, 2.75) is 19.3 Å². The number of fused-ring (bicyclic) bond motifs is 2. The Morgan fingerprint density at radius 3 is 2.46 bits per heavy atom. The maximum Gasteiger partial charge on any atom is 0.280 e. The van der Waals surface area contributed by atoms with Gasteiger partial charge in [-0.05, 0) is 93.0 Å². The van der Waals surface area contributed by atoms with Gasteiger partial charge in [-0.3, -0.25) is 14.6 Å². The van der Waals surface area contributed by atoms with Gasteiger partial charge in [-0.25, -0.2) is 13.5 Å². The van der Waals surface area contributed by atoms with Crippen molar-refractivity contribution in [1.82, 2.24) is 19.7 Å². The molecule has 2 aromatic heterocycles. The Kier molecular flexibility index (Phi) is 9.35. The van der Waals surface area contributed by atoms with Gasteiger partial charge in [0.2, 0.25) is 5.43 Å². The highest BCUT2D eigenvalue weighted by Gasteiger charge is 2.20. The summed E-state index contributed by atoms with van der Waals surface area (Å²) in [4.78, 5) is 33.5. The van der Waals surface area contributed by atoms with Gasteiger partial charge in [0.1, 0.15) is 11.6 Å². The van der Waals surface area contributed by atoms with Gasteiger partial charge in [-0.1, -0.05) is 12.1 Å². The Balaban J connectivity index is 1.09. The molecule has 3 heterocycles. The smallest absolute Gasteiger partial charge is 0.280 e. The molecule has 0 spiro atoms. The molecule has 1 saturated heterocycles. The predicted molar refractivity (Wildman–Crippen MR) is 186 cm³/mol. The second kappa shape index (κ2) is 14.3. The molecule has 1 fully saturated rings. The normalized spacial score (nSPS) is 13.1. The number of hydrogen-bond donors (Lipinski definition) is 1. The average molecular weight is 678 g/mol. The number of aromatic nitrogens is 3. The van der Waals surface area contributed by atoms with Gasteiger partial charge in [0.25, 0.3) is 5.91 Å². The number of nitrogens with one attached hydrogen (secondary N) is 1. The molecule has 10 nitrogen and oxygen atoms in total. The van der Waals surface area contributed by atoms with E-state index in [1.165, 1.54) is 53.9 Å². The highest BCUT2D eigenvalue weighted by atomic mass is 19.1. The molecule has 1 aliphatic heterocycles. The van der Waals surface area contributed by atoms with Crippen molar-refractivity contribution in [1.29, 1.82) is 0 Å². The summed E-state index contributed by atoms with van der Waals surface area (Å²) in [6.07, 6.45) is 4.94. The molecule has 1 amide bonds. The fraction of sp³-hybridized carbons (Fsp3) is 0.211. The van der Waals surface area contributed by atoms with E-state index in [9.17, 15) is 14.0 Å². The van der Waals surface area contributed by atoms with E-state index in [1.807, 2.05) is 0 Å². The van der Waals surface area contributed by atoms with Crippen LogP contribution in [0.25, 0.3) is 27.5 Å². The first-order valence-corrected chi connectivity index (χ1v) is 16.3. The molecule has 7 rings (SSSR count). The van der Waals surface area contributed by atoms with Crippen LogP contribution in [0.4, 0.5) is 14.5 Å². The molecular formula is C38H33F2N5O5. The minimum atomic E-state index is -0.842. The van der Waals surface area contributed by atoms with Gasteiger partial charge in [-0.2, -0.15) is 5.10 Å². The third kappa shape index (κ3) is 6.83. The van der Waals surface area contributed by atoms with Crippen LogP contribution in [0.2, 0.25) is 0 Å². The van der Waals surface area contributed by atoms with Crippen molar-refractivity contribution in [3.05, 3.63) is 119 Å². The molecule has 0 bridgehead atoms. The first-order valence-electron chi connectivity index (χ1n) is 16.3. The fourth-order valence-electron chi connectivity index (χ4n) is 6.04. The van der Waals surface area contributed by atoms with Crippen LogP contribution in [0.1, 0.15) is 29.8 Å². The summed E-state index contributed by atoms with van der Waals surface area (Å²) in [5.41, 5.74) is 0.522. The number of likely N-dealkylation sites (tertiary alicyclic amines) is 1. The van der Waals surface area contributed by atoms with Gasteiger partial charge in [0.05, 0.1) is 35.8 Å². The lowest BCUT2D eigenvalue weighted by molar-refractivity contribution is 0.102. The quantitative estimate of drug-likeness (QED) is 0.144. The molecule has 6 aromatic rings. The van der Waals surface area contributed by atoms with Crippen LogP contribution >= 0.6 is 0 Å². The average Bonchev–Trinajstić information content (AvgIpc) is 3.65. The number of rotatable bonds is 11. The highest BCUT2D eigenvalue weighted by molar-refractivity contribution is 6.04. The topological polar surface area (TPSA) is 108 Å². The van der Waals surface area contributed by atoms with E-state index >= 15 is 4.39 Å². The van der Waals surface area contributed by atoms with Crippen molar-refractivity contribution in [3.8, 4) is 28.7 Å². The molecule has 12 heteroatoms. The minimum Gasteiger partial charge on any atom is -0.493 e. The molecule has 1 aliphatic rings. The molecule has 254 valence electrons. The van der Waals surface area contributed by atoms with E-state index in [4.69, 9.17) is 14.2 Å². The predicted octanol–water partition coefficient (Wildman–Crippen LogP) is 7.13. The third-order valence-corrected chi connectivity index (χ3v) is 8.55. The summed E-state index contributed by atoms with van der Waals surface area (Å²) in [5, 5.41) is 7.69. The van der Waals surface area contributed by atoms with E-state index in [0.717, 1.165) is 32.1 Å². The first kappa shape index (κ1) is 32.7. The Morgan fingerprint density at radius 1 is 0.880 bits per heavy atom. The van der Waals surface area contributed by atoms with E-state index < -0.39 is 28.7 Å². The zero-order chi connectivity index (χ0) is 34.6. The van der Waals surface area contributed by atoms with Gasteiger partial charge in [-0.15, -0.1) is 0 Å². The van der Waals surface area contributed by atoms with Crippen LogP contribution in [0, 0.1) is 11.6 Å². The molecule has 1 N–H and O–H groups in total. The number of ether oxygens (including phenoxy) is 3. The Morgan fingerprint density at radius 2 is 1.68 bits per heavy atom. The summed E-state index contributed by atoms with van der Waals surface area (Å²) in [5.74, 6) is -0.746. The highest BCUT2D eigenvalue weighted by Crippen LogP contribution is 2.38. The van der Waals surface area contributed by atoms with E-state index in [2.05, 4.69) is 20.3 Å². The lowest BCUT2D eigenvalue weighted by Crippen LogP contribution is -2.26. The van der Waals surface area contributed by atoms with E-state index in [0.29, 0.717) is 46.0 Å². The van der Waals surface area contributed by atoms with E-state index in [1.54, 1.807) is 55.8 Å². The van der Waals surface area contributed by atoms with Gasteiger partial charge in [0.15, 0.2) is 28.8 Å². The van der Waals surface area contributed by atoms with Crippen molar-refractivity contribution in [2.24, 2.45) is 0 Å². The van der Waals surface area contributed by atoms with Crippen LogP contribution < -0.4 is 25.0 Å². The number of methoxy groups -OCH3 is 1. The number of pyridine rings is 1. The number of carbonyl (C=O) groups is 1. The third-order valence-electron chi connectivity index (χ3n) is 8.55. The first-order chi connectivity index (χ1) is 24.4. The summed E-state index contributed by atoms with van der Waals surface area (Å²) in [7, 11) is 1.55. The second-order valence-corrected chi connectivity index (χ2v) is 11.9.